The van der Waals surface area contributed by atoms with E-state index in [9.17, 15) is 12.8 Å². The number of primary sulfonamides is 1. The molecule has 0 aliphatic carbocycles. The van der Waals surface area contributed by atoms with Gasteiger partial charge < -0.3 is 0 Å². The van der Waals surface area contributed by atoms with Gasteiger partial charge in [0.05, 0.1) is 22.0 Å². The molecule has 0 spiro atoms. The van der Waals surface area contributed by atoms with E-state index in [4.69, 9.17) is 15.1 Å². The molecule has 2 aromatic carbocycles. The van der Waals surface area contributed by atoms with Gasteiger partial charge >= 0.3 is 0 Å². The first-order valence-corrected chi connectivity index (χ1v) is 11.8. The van der Waals surface area contributed by atoms with E-state index in [2.05, 4.69) is 9.97 Å². The second-order valence-corrected chi connectivity index (χ2v) is 9.32. The predicted molar refractivity (Wildman–Crippen MR) is 136 cm³/mol. The quantitative estimate of drug-likeness (QED) is 0.381. The molecular formula is C25H27ClFN5O2S. The highest BCUT2D eigenvalue weighted by atomic mass is 35.5. The number of halogens is 2. The van der Waals surface area contributed by atoms with Crippen LogP contribution in [0.15, 0.2) is 78.1 Å². The van der Waals surface area contributed by atoms with E-state index in [1.807, 2.05) is 13.0 Å². The topological polar surface area (TPSA) is 112 Å². The van der Waals surface area contributed by atoms with Gasteiger partial charge in [-0.15, -0.1) is 12.4 Å². The van der Waals surface area contributed by atoms with Crippen molar-refractivity contribution in [1.82, 2.24) is 19.9 Å². The summed E-state index contributed by atoms with van der Waals surface area (Å²) in [7, 11) is -3.78. The third-order valence-electron chi connectivity index (χ3n) is 5.21. The van der Waals surface area contributed by atoms with Crippen LogP contribution in [0.4, 0.5) is 4.39 Å². The summed E-state index contributed by atoms with van der Waals surface area (Å²) >= 11 is 0. The van der Waals surface area contributed by atoms with Crippen molar-refractivity contribution in [1.29, 1.82) is 0 Å². The van der Waals surface area contributed by atoms with Gasteiger partial charge in [-0.05, 0) is 41.8 Å². The molecule has 4 aromatic rings. The van der Waals surface area contributed by atoms with E-state index in [-0.39, 0.29) is 36.5 Å². The molecule has 184 valence electrons. The van der Waals surface area contributed by atoms with Gasteiger partial charge in [-0.3, -0.25) is 9.97 Å². The van der Waals surface area contributed by atoms with Crippen LogP contribution in [0.3, 0.4) is 0 Å². The predicted octanol–water partition coefficient (Wildman–Crippen LogP) is 4.72. The van der Waals surface area contributed by atoms with Crippen molar-refractivity contribution < 1.29 is 12.8 Å². The van der Waals surface area contributed by atoms with E-state index >= 15 is 0 Å². The minimum Gasteiger partial charge on any atom is -0.261 e. The molecule has 2 aromatic heterocycles. The molecule has 2 N–H and O–H groups in total. The summed E-state index contributed by atoms with van der Waals surface area (Å²) in [4.78, 5) is 17.9. The van der Waals surface area contributed by atoms with Gasteiger partial charge in [-0.2, -0.15) is 0 Å². The fraction of sp³-hybridized carbons (Fsp3) is 0.200. The summed E-state index contributed by atoms with van der Waals surface area (Å²) in [5.74, 6) is 0.409. The Morgan fingerprint density at radius 3 is 2.26 bits per heavy atom. The third kappa shape index (κ3) is 7.35. The zero-order valence-corrected chi connectivity index (χ0v) is 19.9. The molecule has 4 rings (SSSR count). The van der Waals surface area contributed by atoms with Gasteiger partial charge in [-0.25, -0.2) is 27.9 Å². The Bertz CT molecular complexity index is 1350. The molecule has 2 heterocycles. The number of hydrogen-bond acceptors (Lipinski definition) is 6. The van der Waals surface area contributed by atoms with Gasteiger partial charge in [0.15, 0.2) is 0 Å². The van der Waals surface area contributed by atoms with Crippen molar-refractivity contribution in [3.05, 3.63) is 102 Å². The van der Waals surface area contributed by atoms with E-state index < -0.39 is 10.0 Å². The number of benzene rings is 2. The largest absolute Gasteiger partial charge is 0.261 e. The van der Waals surface area contributed by atoms with Crippen molar-refractivity contribution in [3.63, 3.8) is 0 Å². The molecule has 0 amide bonds. The first kappa shape index (κ1) is 28.0. The van der Waals surface area contributed by atoms with E-state index in [1.54, 1.807) is 42.9 Å². The Morgan fingerprint density at radius 1 is 0.971 bits per heavy atom. The summed E-state index contributed by atoms with van der Waals surface area (Å²) in [5.41, 5.74) is 3.91. The number of hydrogen-bond donors (Lipinski definition) is 1. The van der Waals surface area contributed by atoms with Crippen molar-refractivity contribution in [3.8, 4) is 11.3 Å². The van der Waals surface area contributed by atoms with Gasteiger partial charge in [0.25, 0.3) is 0 Å². The Morgan fingerprint density at radius 2 is 1.66 bits per heavy atom. The molecule has 35 heavy (non-hydrogen) atoms. The zero-order valence-electron chi connectivity index (χ0n) is 18.3. The number of nitrogens with two attached hydrogens (primary N) is 1. The lowest BCUT2D eigenvalue weighted by Gasteiger charge is -2.13. The average Bonchev–Trinajstić information content (AvgIpc) is 2.79. The normalized spacial score (nSPS) is 11.7. The van der Waals surface area contributed by atoms with Crippen LogP contribution in [0, 0.1) is 5.82 Å². The molecule has 0 fully saturated rings. The van der Waals surface area contributed by atoms with Crippen LogP contribution in [0.2, 0.25) is 0 Å². The lowest BCUT2D eigenvalue weighted by Crippen LogP contribution is -2.11. The maximum atomic E-state index is 13.3. The summed E-state index contributed by atoms with van der Waals surface area (Å²) in [6.07, 6.45) is 5.93. The summed E-state index contributed by atoms with van der Waals surface area (Å²) in [5, 5.41) is 5.21. The minimum atomic E-state index is -3.78. The highest BCUT2D eigenvalue weighted by Gasteiger charge is 2.14. The molecule has 0 saturated heterocycles. The Labute approximate surface area is 211 Å². The first-order valence-electron chi connectivity index (χ1n) is 10.3. The second-order valence-electron chi connectivity index (χ2n) is 7.76. The Balaban J connectivity index is 0.00000216. The number of sulfonamides is 1. The summed E-state index contributed by atoms with van der Waals surface area (Å²) < 4.78 is 36.5. The molecule has 0 aliphatic heterocycles. The molecule has 10 heteroatoms. The standard InChI is InChI=1S/C24H22FN5O2S.CH4.ClH/c1-16(17-2-6-19(25)7-3-17)12-24-29-20(13-21-15-27-10-11-28-21)14-23(30-24)18-4-8-22(9-5-18)33(26,31)32;;/h2-11,14-16H,12-13H2,1H3,(H2,26,31,32);1H4;1H/t16-;;/m1../s1. The highest BCUT2D eigenvalue weighted by Crippen LogP contribution is 2.24. The van der Waals surface area contributed by atoms with Crippen molar-refractivity contribution in [2.24, 2.45) is 5.14 Å². The van der Waals surface area contributed by atoms with Crippen LogP contribution in [-0.4, -0.2) is 28.4 Å². The van der Waals surface area contributed by atoms with Gasteiger partial charge in [0.1, 0.15) is 11.6 Å². The molecular weight excluding hydrogens is 489 g/mol. The van der Waals surface area contributed by atoms with Crippen LogP contribution in [0.1, 0.15) is 43.0 Å². The van der Waals surface area contributed by atoms with Crippen LogP contribution in [-0.2, 0) is 22.9 Å². The molecule has 0 saturated carbocycles. The van der Waals surface area contributed by atoms with Gasteiger partial charge in [-0.1, -0.05) is 38.6 Å². The number of aromatic nitrogens is 4. The maximum Gasteiger partial charge on any atom is 0.238 e. The van der Waals surface area contributed by atoms with Crippen LogP contribution in [0.5, 0.6) is 0 Å². The van der Waals surface area contributed by atoms with Crippen molar-refractivity contribution in [2.45, 2.75) is 38.0 Å². The zero-order chi connectivity index (χ0) is 23.4. The molecule has 7 nitrogen and oxygen atoms in total. The van der Waals surface area contributed by atoms with E-state index in [1.165, 1.54) is 24.3 Å². The van der Waals surface area contributed by atoms with E-state index in [0.29, 0.717) is 24.4 Å². The molecule has 0 unspecified atom stereocenters. The smallest absolute Gasteiger partial charge is 0.238 e. The molecule has 0 bridgehead atoms. The Hall–Kier alpha value is -3.27. The third-order valence-corrected chi connectivity index (χ3v) is 6.14. The summed E-state index contributed by atoms with van der Waals surface area (Å²) in [6.45, 7) is 2.03. The lowest BCUT2D eigenvalue weighted by molar-refractivity contribution is 0.598. The van der Waals surface area contributed by atoms with Crippen LogP contribution in [0.25, 0.3) is 11.3 Å². The van der Waals surface area contributed by atoms with Crippen LogP contribution < -0.4 is 5.14 Å². The fourth-order valence-corrected chi connectivity index (χ4v) is 4.00. The molecule has 0 radical (unpaired) electrons. The highest BCUT2D eigenvalue weighted by molar-refractivity contribution is 7.89. The molecule has 0 aliphatic rings. The maximum absolute atomic E-state index is 13.3. The Kier molecular flexibility index (Phi) is 9.53. The van der Waals surface area contributed by atoms with E-state index in [0.717, 1.165) is 22.5 Å². The second kappa shape index (κ2) is 11.9. The number of rotatable bonds is 7. The van der Waals surface area contributed by atoms with Crippen LogP contribution >= 0.6 is 12.4 Å². The fourth-order valence-electron chi connectivity index (χ4n) is 3.49. The number of nitrogens with zero attached hydrogens (tertiary/aromatic N) is 4. The van der Waals surface area contributed by atoms with Crippen molar-refractivity contribution >= 4 is 22.4 Å². The van der Waals surface area contributed by atoms with Gasteiger partial charge in [0.2, 0.25) is 10.0 Å². The SMILES string of the molecule is C.C[C@H](Cc1nc(Cc2cnccn2)cc(-c2ccc(S(N)(=O)=O)cc2)n1)c1ccc(F)cc1.Cl. The summed E-state index contributed by atoms with van der Waals surface area (Å²) in [6, 6.07) is 14.5. The first-order chi connectivity index (χ1) is 15.8. The minimum absolute atomic E-state index is 0. The van der Waals surface area contributed by atoms with Crippen molar-refractivity contribution in [2.75, 3.05) is 0 Å². The monoisotopic (exact) mass is 515 g/mol. The average molecular weight is 516 g/mol. The molecule has 1 atom stereocenters. The van der Waals surface area contributed by atoms with Gasteiger partial charge in [0, 0.05) is 37.0 Å². The lowest BCUT2D eigenvalue weighted by atomic mass is 9.97.